The Hall–Kier alpha value is -2.35. The Morgan fingerprint density at radius 3 is 3.00 bits per heavy atom. The molecule has 0 saturated carbocycles. The van der Waals surface area contributed by atoms with Gasteiger partial charge in [0.05, 0.1) is 12.8 Å². The number of carbonyl (C=O) groups excluding carboxylic acids is 1. The molecule has 0 N–H and O–H groups in total. The standard InChI is InChI=1S/C15H12BrN3O4/c16-12-4-3-11(22-12)15-17-14(18-23-15)9-6-13(20)19(7-9)8-10-2-1-5-21-10/h1-5,9H,6-8H2. The van der Waals surface area contributed by atoms with Crippen molar-refractivity contribution in [3.05, 3.63) is 46.8 Å². The molecule has 1 unspecified atom stereocenters. The Morgan fingerprint density at radius 2 is 2.26 bits per heavy atom. The minimum Gasteiger partial charge on any atom is -0.467 e. The molecule has 4 heterocycles. The SMILES string of the molecule is O=C1CC(c2noc(-c3ccc(Br)o3)n2)CN1Cc1ccco1. The number of aromatic nitrogens is 2. The van der Waals surface area contributed by atoms with E-state index in [-0.39, 0.29) is 11.8 Å². The first kappa shape index (κ1) is 14.3. The zero-order valence-corrected chi connectivity index (χ0v) is 13.5. The number of amides is 1. The van der Waals surface area contributed by atoms with Crippen LogP contribution in [0.1, 0.15) is 23.9 Å². The van der Waals surface area contributed by atoms with E-state index in [2.05, 4.69) is 26.1 Å². The Kier molecular flexibility index (Phi) is 3.53. The molecule has 0 aromatic carbocycles. The average Bonchev–Trinajstić information content (AvgIpc) is 3.28. The van der Waals surface area contributed by atoms with Gasteiger partial charge in [-0.3, -0.25) is 4.79 Å². The summed E-state index contributed by atoms with van der Waals surface area (Å²) in [6.45, 7) is 0.999. The van der Waals surface area contributed by atoms with Crippen molar-refractivity contribution in [3.63, 3.8) is 0 Å². The lowest BCUT2D eigenvalue weighted by molar-refractivity contribution is -0.128. The first-order valence-corrected chi connectivity index (χ1v) is 7.88. The normalized spacial score (nSPS) is 18.0. The Morgan fingerprint density at radius 1 is 1.35 bits per heavy atom. The molecule has 0 bridgehead atoms. The topological polar surface area (TPSA) is 85.5 Å². The third-order valence-electron chi connectivity index (χ3n) is 3.73. The van der Waals surface area contributed by atoms with Crippen LogP contribution in [0.15, 0.2) is 48.6 Å². The fraction of sp³-hybridized carbons (Fsp3) is 0.267. The van der Waals surface area contributed by atoms with E-state index < -0.39 is 0 Å². The minimum absolute atomic E-state index is 0.0542. The molecule has 3 aromatic heterocycles. The quantitative estimate of drug-likeness (QED) is 0.693. The summed E-state index contributed by atoms with van der Waals surface area (Å²) in [7, 11) is 0. The second-order valence-corrected chi connectivity index (χ2v) is 6.10. The van der Waals surface area contributed by atoms with Gasteiger partial charge in [-0.2, -0.15) is 4.98 Å². The van der Waals surface area contributed by atoms with Crippen LogP contribution >= 0.6 is 15.9 Å². The van der Waals surface area contributed by atoms with Crippen molar-refractivity contribution >= 4 is 21.8 Å². The highest BCUT2D eigenvalue weighted by Crippen LogP contribution is 2.30. The predicted octanol–water partition coefficient (Wildman–Crippen LogP) is 3.20. The van der Waals surface area contributed by atoms with Gasteiger partial charge in [0.2, 0.25) is 5.91 Å². The predicted molar refractivity (Wildman–Crippen MR) is 81.2 cm³/mol. The first-order chi connectivity index (χ1) is 11.2. The molecule has 1 amide bonds. The lowest BCUT2D eigenvalue weighted by Gasteiger charge is -2.13. The molecule has 3 aromatic rings. The van der Waals surface area contributed by atoms with Gasteiger partial charge in [-0.05, 0) is 40.2 Å². The number of rotatable bonds is 4. The van der Waals surface area contributed by atoms with Gasteiger partial charge in [0.1, 0.15) is 5.76 Å². The van der Waals surface area contributed by atoms with Crippen LogP contribution in [-0.4, -0.2) is 27.5 Å². The maximum Gasteiger partial charge on any atom is 0.293 e. The van der Waals surface area contributed by atoms with E-state index in [0.717, 1.165) is 5.76 Å². The summed E-state index contributed by atoms with van der Waals surface area (Å²) in [4.78, 5) is 18.2. The molecule has 1 aliphatic rings. The van der Waals surface area contributed by atoms with Crippen LogP contribution in [0.5, 0.6) is 0 Å². The lowest BCUT2D eigenvalue weighted by atomic mass is 10.1. The van der Waals surface area contributed by atoms with E-state index in [0.29, 0.717) is 41.7 Å². The lowest BCUT2D eigenvalue weighted by Crippen LogP contribution is -2.24. The smallest absolute Gasteiger partial charge is 0.293 e. The van der Waals surface area contributed by atoms with E-state index in [9.17, 15) is 4.79 Å². The van der Waals surface area contributed by atoms with Gasteiger partial charge in [-0.25, -0.2) is 0 Å². The molecular weight excluding hydrogens is 366 g/mol. The second kappa shape index (κ2) is 5.69. The summed E-state index contributed by atoms with van der Waals surface area (Å²) >= 11 is 3.23. The Labute approximate surface area is 139 Å². The Bertz CT molecular complexity index is 824. The molecule has 118 valence electrons. The average molecular weight is 378 g/mol. The number of hydrogen-bond acceptors (Lipinski definition) is 6. The van der Waals surface area contributed by atoms with Crippen LogP contribution in [0.3, 0.4) is 0 Å². The molecule has 0 radical (unpaired) electrons. The van der Waals surface area contributed by atoms with Crippen molar-refractivity contribution in [3.8, 4) is 11.7 Å². The molecule has 8 heteroatoms. The molecule has 23 heavy (non-hydrogen) atoms. The summed E-state index contributed by atoms with van der Waals surface area (Å²) in [6, 6.07) is 7.15. The van der Waals surface area contributed by atoms with Gasteiger partial charge in [-0.1, -0.05) is 5.16 Å². The Balaban J connectivity index is 1.49. The minimum atomic E-state index is -0.0895. The van der Waals surface area contributed by atoms with Gasteiger partial charge >= 0.3 is 0 Å². The van der Waals surface area contributed by atoms with Crippen molar-refractivity contribution in [1.82, 2.24) is 15.0 Å². The number of halogens is 1. The maximum atomic E-state index is 12.1. The highest BCUT2D eigenvalue weighted by atomic mass is 79.9. The highest BCUT2D eigenvalue weighted by Gasteiger charge is 2.34. The molecular formula is C15H12BrN3O4. The van der Waals surface area contributed by atoms with Crippen molar-refractivity contribution in [2.75, 3.05) is 6.54 Å². The van der Waals surface area contributed by atoms with Gasteiger partial charge in [0, 0.05) is 18.9 Å². The number of carbonyl (C=O) groups is 1. The van der Waals surface area contributed by atoms with Crippen LogP contribution in [0.4, 0.5) is 0 Å². The first-order valence-electron chi connectivity index (χ1n) is 7.08. The highest BCUT2D eigenvalue weighted by molar-refractivity contribution is 9.10. The van der Waals surface area contributed by atoms with Crippen molar-refractivity contribution in [2.24, 2.45) is 0 Å². The molecule has 1 saturated heterocycles. The number of hydrogen-bond donors (Lipinski definition) is 0. The molecule has 1 atom stereocenters. The molecule has 4 rings (SSSR count). The van der Waals surface area contributed by atoms with E-state index in [1.165, 1.54) is 0 Å². The summed E-state index contributed by atoms with van der Waals surface area (Å²) in [6.07, 6.45) is 1.96. The van der Waals surface area contributed by atoms with Gasteiger partial charge in [-0.15, -0.1) is 0 Å². The summed E-state index contributed by atoms with van der Waals surface area (Å²) in [5, 5.41) is 3.99. The van der Waals surface area contributed by atoms with E-state index in [1.807, 2.05) is 6.07 Å². The molecule has 1 fully saturated rings. The van der Waals surface area contributed by atoms with Gasteiger partial charge in [0.25, 0.3) is 5.89 Å². The van der Waals surface area contributed by atoms with Crippen LogP contribution in [0.25, 0.3) is 11.7 Å². The summed E-state index contributed by atoms with van der Waals surface area (Å²) in [5.74, 6) is 2.04. The third kappa shape index (κ3) is 2.81. The van der Waals surface area contributed by atoms with Crippen LogP contribution < -0.4 is 0 Å². The molecule has 7 nitrogen and oxygen atoms in total. The van der Waals surface area contributed by atoms with Gasteiger partial charge in [0.15, 0.2) is 16.3 Å². The second-order valence-electron chi connectivity index (χ2n) is 5.32. The zero-order valence-electron chi connectivity index (χ0n) is 11.9. The fourth-order valence-corrected chi connectivity index (χ4v) is 2.93. The van der Waals surface area contributed by atoms with Gasteiger partial charge < -0.3 is 18.3 Å². The monoisotopic (exact) mass is 377 g/mol. The number of furan rings is 2. The van der Waals surface area contributed by atoms with E-state index in [4.69, 9.17) is 13.4 Å². The van der Waals surface area contributed by atoms with Crippen LogP contribution in [0, 0.1) is 0 Å². The molecule has 0 spiro atoms. The van der Waals surface area contributed by atoms with Crippen molar-refractivity contribution in [1.29, 1.82) is 0 Å². The fourth-order valence-electron chi connectivity index (χ4n) is 2.62. The van der Waals surface area contributed by atoms with E-state index in [1.54, 1.807) is 29.4 Å². The van der Waals surface area contributed by atoms with Crippen LogP contribution in [-0.2, 0) is 11.3 Å². The zero-order chi connectivity index (χ0) is 15.8. The molecule has 0 aliphatic carbocycles. The molecule has 1 aliphatic heterocycles. The largest absolute Gasteiger partial charge is 0.467 e. The van der Waals surface area contributed by atoms with E-state index >= 15 is 0 Å². The number of nitrogens with zero attached hydrogens (tertiary/aromatic N) is 3. The van der Waals surface area contributed by atoms with Crippen molar-refractivity contribution < 1.29 is 18.2 Å². The summed E-state index contributed by atoms with van der Waals surface area (Å²) in [5.41, 5.74) is 0. The summed E-state index contributed by atoms with van der Waals surface area (Å²) < 4.78 is 16.5. The van der Waals surface area contributed by atoms with Crippen molar-refractivity contribution in [2.45, 2.75) is 18.9 Å². The van der Waals surface area contributed by atoms with Crippen LogP contribution in [0.2, 0.25) is 0 Å². The number of likely N-dealkylation sites (tertiary alicyclic amines) is 1. The maximum absolute atomic E-state index is 12.1. The third-order valence-corrected chi connectivity index (χ3v) is 4.16.